The fourth-order valence-electron chi connectivity index (χ4n) is 1.42. The second kappa shape index (κ2) is 4.97. The summed E-state index contributed by atoms with van der Waals surface area (Å²) >= 11 is 5.92. The van der Waals surface area contributed by atoms with E-state index in [0.717, 1.165) is 11.4 Å². The molecule has 0 bridgehead atoms. The summed E-state index contributed by atoms with van der Waals surface area (Å²) in [6, 6.07) is 12.9. The number of anilines is 2. The fraction of sp³-hybridized carbons (Fsp3) is 0.0769. The third-order valence-corrected chi connectivity index (χ3v) is 2.66. The smallest absolute Gasteiger partial charge is 0.129 e. The third kappa shape index (κ3) is 2.82. The largest absolute Gasteiger partial charge is 0.457 e. The average Bonchev–Trinajstić information content (AvgIpc) is 2.34. The highest BCUT2D eigenvalue weighted by Crippen LogP contribution is 2.28. The lowest BCUT2D eigenvalue weighted by molar-refractivity contribution is 0.483. The first-order chi connectivity index (χ1) is 8.19. The van der Waals surface area contributed by atoms with Crippen molar-refractivity contribution in [2.45, 2.75) is 0 Å². The van der Waals surface area contributed by atoms with Crippen LogP contribution < -0.4 is 15.8 Å². The van der Waals surface area contributed by atoms with Gasteiger partial charge in [-0.05, 0) is 24.3 Å². The Morgan fingerprint density at radius 3 is 2.59 bits per heavy atom. The molecule has 3 N–H and O–H groups in total. The van der Waals surface area contributed by atoms with Crippen LogP contribution in [-0.2, 0) is 0 Å². The molecular formula is C13H13ClN2O. The van der Waals surface area contributed by atoms with Crippen LogP contribution in [0.4, 0.5) is 11.4 Å². The van der Waals surface area contributed by atoms with Crippen molar-refractivity contribution in [2.24, 2.45) is 0 Å². The zero-order valence-corrected chi connectivity index (χ0v) is 10.2. The first-order valence-electron chi connectivity index (χ1n) is 5.20. The molecule has 4 heteroatoms. The lowest BCUT2D eigenvalue weighted by atomic mass is 10.3. The van der Waals surface area contributed by atoms with Crippen molar-refractivity contribution in [3.63, 3.8) is 0 Å². The van der Waals surface area contributed by atoms with Crippen molar-refractivity contribution in [3.05, 3.63) is 47.5 Å². The summed E-state index contributed by atoms with van der Waals surface area (Å²) in [5.74, 6) is 1.41. The zero-order valence-electron chi connectivity index (χ0n) is 9.41. The maximum atomic E-state index is 5.92. The third-order valence-electron chi connectivity index (χ3n) is 2.33. The lowest BCUT2D eigenvalue weighted by Gasteiger charge is -2.08. The molecule has 2 rings (SSSR count). The predicted octanol–water partition coefficient (Wildman–Crippen LogP) is 3.76. The summed E-state index contributed by atoms with van der Waals surface area (Å²) in [5, 5.41) is 3.54. The van der Waals surface area contributed by atoms with Crippen molar-refractivity contribution >= 4 is 23.0 Å². The van der Waals surface area contributed by atoms with Crippen LogP contribution in [0.25, 0.3) is 0 Å². The maximum absolute atomic E-state index is 5.92. The van der Waals surface area contributed by atoms with Gasteiger partial charge in [0.05, 0.1) is 10.7 Å². The van der Waals surface area contributed by atoms with Gasteiger partial charge in [0.2, 0.25) is 0 Å². The van der Waals surface area contributed by atoms with Gasteiger partial charge >= 0.3 is 0 Å². The monoisotopic (exact) mass is 248 g/mol. The summed E-state index contributed by atoms with van der Waals surface area (Å²) in [5.41, 5.74) is 7.16. The highest BCUT2D eigenvalue weighted by atomic mass is 35.5. The first-order valence-corrected chi connectivity index (χ1v) is 5.57. The number of nitrogens with two attached hydrogens (primary N) is 1. The van der Waals surface area contributed by atoms with E-state index in [4.69, 9.17) is 22.1 Å². The molecule has 2 aromatic carbocycles. The van der Waals surface area contributed by atoms with Crippen LogP contribution in [0.15, 0.2) is 42.5 Å². The molecule has 0 aliphatic carbocycles. The van der Waals surface area contributed by atoms with Gasteiger partial charge in [-0.1, -0.05) is 17.7 Å². The Morgan fingerprint density at radius 2 is 1.88 bits per heavy atom. The van der Waals surface area contributed by atoms with Crippen LogP contribution in [0.2, 0.25) is 5.02 Å². The summed E-state index contributed by atoms with van der Waals surface area (Å²) in [7, 11) is 1.86. The van der Waals surface area contributed by atoms with Crippen molar-refractivity contribution in [1.29, 1.82) is 0 Å². The SMILES string of the molecule is CNc1cccc(Oc2ccc(N)c(Cl)c2)c1. The Labute approximate surface area is 105 Å². The fourth-order valence-corrected chi connectivity index (χ4v) is 1.59. The molecule has 0 fully saturated rings. The molecular weight excluding hydrogens is 236 g/mol. The molecule has 0 atom stereocenters. The van der Waals surface area contributed by atoms with Crippen molar-refractivity contribution in [1.82, 2.24) is 0 Å². The minimum Gasteiger partial charge on any atom is -0.457 e. The van der Waals surface area contributed by atoms with Crippen LogP contribution in [0, 0.1) is 0 Å². The summed E-state index contributed by atoms with van der Waals surface area (Å²) in [4.78, 5) is 0. The highest BCUT2D eigenvalue weighted by molar-refractivity contribution is 6.33. The molecule has 0 aliphatic heterocycles. The quantitative estimate of drug-likeness (QED) is 0.813. The van der Waals surface area contributed by atoms with E-state index >= 15 is 0 Å². The van der Waals surface area contributed by atoms with Crippen LogP contribution in [0.1, 0.15) is 0 Å². The first kappa shape index (κ1) is 11.6. The normalized spacial score (nSPS) is 10.0. The van der Waals surface area contributed by atoms with E-state index in [-0.39, 0.29) is 0 Å². The molecule has 0 unspecified atom stereocenters. The molecule has 2 aromatic rings. The van der Waals surface area contributed by atoms with Crippen LogP contribution in [0.5, 0.6) is 11.5 Å². The molecule has 0 aliphatic rings. The highest BCUT2D eigenvalue weighted by Gasteiger charge is 2.01. The van der Waals surface area contributed by atoms with E-state index in [9.17, 15) is 0 Å². The van der Waals surface area contributed by atoms with Gasteiger partial charge in [-0.3, -0.25) is 0 Å². The van der Waals surface area contributed by atoms with Gasteiger partial charge in [0.1, 0.15) is 11.5 Å². The van der Waals surface area contributed by atoms with E-state index < -0.39 is 0 Å². The molecule has 0 saturated heterocycles. The molecule has 0 radical (unpaired) electrons. The molecule has 0 saturated carbocycles. The minimum absolute atomic E-state index is 0.493. The number of rotatable bonds is 3. The van der Waals surface area contributed by atoms with Crippen molar-refractivity contribution in [3.8, 4) is 11.5 Å². The Hall–Kier alpha value is -1.87. The predicted molar refractivity (Wildman–Crippen MR) is 71.9 cm³/mol. The Morgan fingerprint density at radius 1 is 1.12 bits per heavy atom. The maximum Gasteiger partial charge on any atom is 0.129 e. The van der Waals surface area contributed by atoms with Gasteiger partial charge in [-0.15, -0.1) is 0 Å². The minimum atomic E-state index is 0.493. The number of nitrogens with one attached hydrogen (secondary N) is 1. The summed E-state index contributed by atoms with van der Waals surface area (Å²) in [6.45, 7) is 0. The topological polar surface area (TPSA) is 47.3 Å². The molecule has 17 heavy (non-hydrogen) atoms. The van der Waals surface area contributed by atoms with Crippen LogP contribution in [-0.4, -0.2) is 7.05 Å². The lowest BCUT2D eigenvalue weighted by Crippen LogP contribution is -1.90. The van der Waals surface area contributed by atoms with E-state index in [2.05, 4.69) is 5.32 Å². The van der Waals surface area contributed by atoms with Gasteiger partial charge in [-0.25, -0.2) is 0 Å². The summed E-state index contributed by atoms with van der Waals surface area (Å²) in [6.07, 6.45) is 0. The molecule has 0 heterocycles. The van der Waals surface area contributed by atoms with Gasteiger partial charge in [0.15, 0.2) is 0 Å². The second-order valence-electron chi connectivity index (χ2n) is 3.56. The van der Waals surface area contributed by atoms with E-state index in [1.807, 2.05) is 31.3 Å². The van der Waals surface area contributed by atoms with Crippen LogP contribution >= 0.6 is 11.6 Å². The zero-order chi connectivity index (χ0) is 12.3. The van der Waals surface area contributed by atoms with Crippen molar-refractivity contribution in [2.75, 3.05) is 18.1 Å². The second-order valence-corrected chi connectivity index (χ2v) is 3.97. The molecule has 3 nitrogen and oxygen atoms in total. The van der Waals surface area contributed by atoms with Gasteiger partial charge in [0, 0.05) is 24.9 Å². The van der Waals surface area contributed by atoms with Crippen molar-refractivity contribution < 1.29 is 4.74 Å². The number of hydrogen-bond donors (Lipinski definition) is 2. The molecule has 0 amide bonds. The number of ether oxygens (including phenoxy) is 1. The van der Waals surface area contributed by atoms with Crippen LogP contribution in [0.3, 0.4) is 0 Å². The van der Waals surface area contributed by atoms with E-state index in [1.165, 1.54) is 0 Å². The van der Waals surface area contributed by atoms with E-state index in [1.54, 1.807) is 18.2 Å². The van der Waals surface area contributed by atoms with Gasteiger partial charge in [0.25, 0.3) is 0 Å². The molecule has 0 aromatic heterocycles. The number of halogens is 1. The number of hydrogen-bond acceptors (Lipinski definition) is 3. The number of benzene rings is 2. The summed E-state index contributed by atoms with van der Waals surface area (Å²) < 4.78 is 5.68. The van der Waals surface area contributed by atoms with E-state index in [0.29, 0.717) is 16.5 Å². The Balaban J connectivity index is 2.22. The number of nitrogen functional groups attached to an aromatic ring is 1. The molecule has 88 valence electrons. The van der Waals surface area contributed by atoms with Gasteiger partial charge < -0.3 is 15.8 Å². The molecule has 0 spiro atoms. The average molecular weight is 249 g/mol. The standard InChI is InChI=1S/C13H13ClN2O/c1-16-9-3-2-4-10(7-9)17-11-5-6-13(15)12(14)8-11/h2-8,16H,15H2,1H3. The Bertz CT molecular complexity index is 529. The van der Waals surface area contributed by atoms with Gasteiger partial charge in [-0.2, -0.15) is 0 Å². The Kier molecular flexibility index (Phi) is 3.40.